The van der Waals surface area contributed by atoms with E-state index >= 15 is 8.63 Å². The van der Waals surface area contributed by atoms with Crippen molar-refractivity contribution in [3.63, 3.8) is 0 Å². The number of benzene rings is 3. The number of carbonyl (C=O) groups excluding carboxylic acids is 3. The third-order valence-corrected chi connectivity index (χ3v) is 13.6. The first-order chi connectivity index (χ1) is 32.5. The number of halogens is 2. The van der Waals surface area contributed by atoms with E-state index in [-0.39, 0.29) is 35.9 Å². The summed E-state index contributed by atoms with van der Waals surface area (Å²) in [6, 6.07) is 28.0. The number of likely N-dealkylation sites (N-methyl/N-ethyl adjacent to an activating group) is 1. The number of phenols is 1. The van der Waals surface area contributed by atoms with Gasteiger partial charge in [0.1, 0.15) is 18.1 Å². The van der Waals surface area contributed by atoms with Crippen LogP contribution >= 0.6 is 11.3 Å². The smallest absolute Gasteiger partial charge is 0.508 e. The van der Waals surface area contributed by atoms with Gasteiger partial charge in [0, 0.05) is 80.1 Å². The fourth-order valence-electron chi connectivity index (χ4n) is 9.12. The van der Waals surface area contributed by atoms with Crippen LogP contribution in [-0.2, 0) is 20.8 Å². The molecule has 5 heterocycles. The number of aromatic hydroxyl groups is 1. The van der Waals surface area contributed by atoms with Crippen LogP contribution in [0.1, 0.15) is 109 Å². The number of nitrogens with zero attached hydrogens (tertiary/aromatic N) is 3. The molecule has 1 atom stereocenters. The fourth-order valence-corrected chi connectivity index (χ4v) is 9.87. The molecule has 8 rings (SSSR count). The van der Waals surface area contributed by atoms with Crippen LogP contribution in [0.15, 0.2) is 114 Å². The summed E-state index contributed by atoms with van der Waals surface area (Å²) in [4.78, 5) is 40.6. The highest BCUT2D eigenvalue weighted by Crippen LogP contribution is 2.36. The Kier molecular flexibility index (Phi) is 15.4. The van der Waals surface area contributed by atoms with E-state index in [0.717, 1.165) is 101 Å². The summed E-state index contributed by atoms with van der Waals surface area (Å²) in [5.41, 5.74) is 6.98. The first-order valence-corrected chi connectivity index (χ1v) is 24.3. The summed E-state index contributed by atoms with van der Waals surface area (Å²) in [7, 11) is 2.12. The van der Waals surface area contributed by atoms with Crippen molar-refractivity contribution >= 4 is 65.5 Å². The predicted octanol–water partition coefficient (Wildman–Crippen LogP) is 10.3. The maximum Gasteiger partial charge on any atom is 0.737 e. The first kappa shape index (κ1) is 47.1. The average molecular weight is 926 g/mol. The van der Waals surface area contributed by atoms with E-state index in [4.69, 9.17) is 4.74 Å². The Bertz CT molecular complexity index is 2670. The number of amides is 2. The molecule has 0 fully saturated rings. The monoisotopic (exact) mass is 925 g/mol. The quantitative estimate of drug-likeness (QED) is 0.0499. The van der Waals surface area contributed by atoms with E-state index in [9.17, 15) is 19.5 Å². The number of aromatic nitrogens is 1. The van der Waals surface area contributed by atoms with Crippen molar-refractivity contribution in [3.05, 3.63) is 153 Å². The zero-order valence-electron chi connectivity index (χ0n) is 38.0. The van der Waals surface area contributed by atoms with Gasteiger partial charge in [0.25, 0.3) is 0 Å². The molecule has 3 N–H and O–H groups in total. The van der Waals surface area contributed by atoms with Crippen molar-refractivity contribution in [2.24, 2.45) is 0 Å². The maximum atomic E-state index is 16.1. The molecule has 0 aliphatic carbocycles. The number of carbonyl (C=O) groups is 3. The number of hydrogen-bond acceptors (Lipinski definition) is 7. The topological polar surface area (TPSA) is 116 Å². The third-order valence-electron chi connectivity index (χ3n) is 12.7. The summed E-state index contributed by atoms with van der Waals surface area (Å²) >= 11 is 1.44. The molecule has 3 aromatic carbocycles. The van der Waals surface area contributed by atoms with Gasteiger partial charge in [-0.05, 0) is 127 Å². The molecular weight excluding hydrogens is 867 g/mol. The molecule has 348 valence electrons. The van der Waals surface area contributed by atoms with Crippen LogP contribution in [0.2, 0.25) is 0 Å². The van der Waals surface area contributed by atoms with Gasteiger partial charge >= 0.3 is 6.97 Å². The van der Waals surface area contributed by atoms with Crippen molar-refractivity contribution in [3.8, 4) is 11.5 Å². The zero-order chi connectivity index (χ0) is 46.8. The van der Waals surface area contributed by atoms with Gasteiger partial charge in [-0.25, -0.2) is 0 Å². The Morgan fingerprint density at radius 1 is 0.866 bits per heavy atom. The highest BCUT2D eigenvalue weighted by Gasteiger charge is 2.52. The summed E-state index contributed by atoms with van der Waals surface area (Å²) in [5.74, 6) is 0.971. The van der Waals surface area contributed by atoms with Gasteiger partial charge in [0.05, 0.1) is 4.88 Å². The van der Waals surface area contributed by atoms with E-state index in [1.54, 1.807) is 60.7 Å². The Balaban J connectivity index is 0.654. The minimum Gasteiger partial charge on any atom is -0.508 e. The molecule has 2 aromatic heterocycles. The summed E-state index contributed by atoms with van der Waals surface area (Å²) in [5, 5.41) is 18.0. The van der Waals surface area contributed by atoms with Crippen LogP contribution in [0, 0.1) is 0 Å². The molecule has 0 saturated carbocycles. The van der Waals surface area contributed by atoms with Crippen LogP contribution in [0.5, 0.6) is 11.5 Å². The van der Waals surface area contributed by atoms with Crippen LogP contribution in [-0.4, -0.2) is 82.5 Å². The van der Waals surface area contributed by atoms with Crippen LogP contribution < -0.4 is 15.4 Å². The van der Waals surface area contributed by atoms with E-state index in [1.165, 1.54) is 16.9 Å². The van der Waals surface area contributed by atoms with Crippen molar-refractivity contribution in [2.75, 3.05) is 38.6 Å². The SMILES string of the molecule is CN1CCc2ccc(O)cc2C(c2ccc(NC(=O)CCCCCNC(=O)CCCCCCC(=O)COc3ccc(/C=C/c4ccc5n4[B-](F)(F)[N+]4=C(c6cccs6)C=CC4=C5)cc3)cc2)C1. The number of thiophene rings is 1. The fraction of sp³-hybridized carbons (Fsp3) is 0.321. The van der Waals surface area contributed by atoms with Crippen molar-refractivity contribution in [1.29, 1.82) is 0 Å². The first-order valence-electron chi connectivity index (χ1n) is 23.4. The molecule has 0 bridgehead atoms. The predicted molar refractivity (Wildman–Crippen MR) is 265 cm³/mol. The molecule has 14 heteroatoms. The number of phenolic OH excluding ortho intramolecular Hbond substituents is 1. The Hall–Kier alpha value is -6.38. The zero-order valence-corrected chi connectivity index (χ0v) is 38.8. The Morgan fingerprint density at radius 3 is 2.40 bits per heavy atom. The highest BCUT2D eigenvalue weighted by molar-refractivity contribution is 7.12. The van der Waals surface area contributed by atoms with Gasteiger partial charge in [-0.3, -0.25) is 14.4 Å². The van der Waals surface area contributed by atoms with Crippen molar-refractivity contribution < 1.29 is 37.3 Å². The molecule has 2 amide bonds. The Labute approximate surface area is 395 Å². The molecule has 3 aliphatic heterocycles. The lowest BCUT2D eigenvalue weighted by atomic mass is 9.88. The number of rotatable bonds is 21. The Morgan fingerprint density at radius 2 is 1.63 bits per heavy atom. The average Bonchev–Trinajstić information content (AvgIpc) is 4.09. The maximum absolute atomic E-state index is 16.1. The minimum atomic E-state index is -4.12. The lowest BCUT2D eigenvalue weighted by molar-refractivity contribution is -0.360. The van der Waals surface area contributed by atoms with Crippen LogP contribution in [0.4, 0.5) is 14.3 Å². The summed E-state index contributed by atoms with van der Waals surface area (Å²) in [6.45, 7) is -1.75. The normalized spacial score (nSPS) is 16.3. The van der Waals surface area contributed by atoms with Gasteiger partial charge in [-0.2, -0.15) is 0 Å². The van der Waals surface area contributed by atoms with E-state index < -0.39 is 6.97 Å². The molecular formula is C53H58BF2N5O5S. The number of ether oxygens (including phenoxy) is 1. The molecule has 1 unspecified atom stereocenters. The van der Waals surface area contributed by atoms with Gasteiger partial charge in [0.2, 0.25) is 11.8 Å². The van der Waals surface area contributed by atoms with Gasteiger partial charge < -0.3 is 43.0 Å². The third kappa shape index (κ3) is 12.0. The minimum absolute atomic E-state index is 0.00648. The van der Waals surface area contributed by atoms with E-state index in [0.29, 0.717) is 54.4 Å². The molecule has 0 radical (unpaired) electrons. The summed E-state index contributed by atoms with van der Waals surface area (Å²) < 4.78 is 40.2. The number of nitrogens with one attached hydrogen (secondary N) is 2. The number of allylic oxidation sites excluding steroid dienone is 2. The van der Waals surface area contributed by atoms with Gasteiger partial charge in [0.15, 0.2) is 17.2 Å². The van der Waals surface area contributed by atoms with Gasteiger partial charge in [-0.1, -0.05) is 61.7 Å². The molecule has 10 nitrogen and oxygen atoms in total. The number of fused-ring (bicyclic) bond motifs is 3. The van der Waals surface area contributed by atoms with E-state index in [1.807, 2.05) is 53.9 Å². The number of anilines is 1. The number of Topliss-reactive ketones (excluding diaryl/α,β-unsaturated/α-hetero) is 1. The number of hydrogen-bond donors (Lipinski definition) is 3. The molecule has 0 saturated heterocycles. The van der Waals surface area contributed by atoms with E-state index in [2.05, 4.69) is 34.7 Å². The summed E-state index contributed by atoms with van der Waals surface area (Å²) in [6.07, 6.45) is 16.5. The molecule has 67 heavy (non-hydrogen) atoms. The number of ketones is 1. The second-order valence-corrected chi connectivity index (χ2v) is 18.6. The van der Waals surface area contributed by atoms with Crippen LogP contribution in [0.3, 0.4) is 0 Å². The standard InChI is InChI=1S/C53H58BF2N5O5S/c1-59-32-30-40-19-26-45(62)35-48(40)49(36-59)39-17-20-41(21-18-39)58-53(65)13-7-4-8-31-57-52(64)12-6-3-2-5-10-46(63)37-66-47-27-15-38(16-28-47)14-22-42-23-24-43-34-44-25-29-50(51-11-9-33-67-51)61(44)54(55,56)60(42)43/h9,11,14-29,33-35,49,62H,2-8,10,12-13,30-32,36-37H2,1H3,(H,57,64)(H,58,65)/b22-14+. The molecule has 0 spiro atoms. The lowest BCUT2D eigenvalue weighted by Gasteiger charge is -2.30. The lowest BCUT2D eigenvalue weighted by Crippen LogP contribution is -2.50. The van der Waals surface area contributed by atoms with Crippen molar-refractivity contribution in [2.45, 2.75) is 76.5 Å². The van der Waals surface area contributed by atoms with Gasteiger partial charge in [-0.15, -0.1) is 11.3 Å². The number of unbranched alkanes of at least 4 members (excludes halogenated alkanes) is 5. The second-order valence-electron chi connectivity index (χ2n) is 17.7. The highest BCUT2D eigenvalue weighted by atomic mass is 32.1. The van der Waals surface area contributed by atoms with Crippen molar-refractivity contribution in [1.82, 2.24) is 14.7 Å². The van der Waals surface area contributed by atoms with Crippen LogP contribution in [0.25, 0.3) is 18.2 Å². The molecule has 3 aliphatic rings. The largest absolute Gasteiger partial charge is 0.737 e. The molecule has 5 aromatic rings. The second kappa shape index (κ2) is 21.9.